The summed E-state index contributed by atoms with van der Waals surface area (Å²) in [7, 11) is 0. The van der Waals surface area contributed by atoms with Gasteiger partial charge in [-0.1, -0.05) is 17.7 Å². The van der Waals surface area contributed by atoms with Crippen LogP contribution in [0.2, 0.25) is 0 Å². The molecule has 7 heteroatoms. The molecule has 3 rings (SSSR count). The van der Waals surface area contributed by atoms with Gasteiger partial charge in [-0.05, 0) is 55.8 Å². The molecule has 1 aromatic heterocycles. The van der Waals surface area contributed by atoms with E-state index in [9.17, 15) is 9.59 Å². The number of primary amides is 1. The van der Waals surface area contributed by atoms with Gasteiger partial charge in [-0.25, -0.2) is 4.68 Å². The monoisotopic (exact) mass is 380 g/mol. The van der Waals surface area contributed by atoms with Crippen molar-refractivity contribution in [3.63, 3.8) is 0 Å². The minimum Gasteiger partial charge on any atom is -0.364 e. The SMILES string of the molecule is Cc1ccc(C)c(SCC(=O)Nc2ccc(-n3ccc(C(N)=O)n3)cc2)c1. The fourth-order valence-electron chi connectivity index (χ4n) is 2.50. The number of aryl methyl sites for hydroxylation is 2. The minimum atomic E-state index is -0.570. The van der Waals surface area contributed by atoms with Crippen molar-refractivity contribution in [1.29, 1.82) is 0 Å². The summed E-state index contributed by atoms with van der Waals surface area (Å²) < 4.78 is 1.56. The van der Waals surface area contributed by atoms with E-state index in [1.165, 1.54) is 17.3 Å². The van der Waals surface area contributed by atoms with Gasteiger partial charge < -0.3 is 11.1 Å². The zero-order chi connectivity index (χ0) is 19.4. The Hall–Kier alpha value is -3.06. The number of hydrogen-bond donors (Lipinski definition) is 2. The summed E-state index contributed by atoms with van der Waals surface area (Å²) in [4.78, 5) is 24.5. The topological polar surface area (TPSA) is 90.0 Å². The molecule has 0 aliphatic heterocycles. The van der Waals surface area contributed by atoms with Crippen LogP contribution in [0.3, 0.4) is 0 Å². The molecule has 0 saturated heterocycles. The van der Waals surface area contributed by atoms with E-state index < -0.39 is 5.91 Å². The fraction of sp³-hybridized carbons (Fsp3) is 0.150. The molecule has 0 aliphatic rings. The van der Waals surface area contributed by atoms with E-state index in [-0.39, 0.29) is 11.6 Å². The zero-order valence-electron chi connectivity index (χ0n) is 15.1. The van der Waals surface area contributed by atoms with Crippen LogP contribution in [0.4, 0.5) is 5.69 Å². The van der Waals surface area contributed by atoms with Gasteiger partial charge in [0.25, 0.3) is 5.91 Å². The van der Waals surface area contributed by atoms with E-state index >= 15 is 0 Å². The van der Waals surface area contributed by atoms with E-state index in [1.807, 2.05) is 26.0 Å². The Morgan fingerprint density at radius 2 is 1.85 bits per heavy atom. The molecule has 0 bridgehead atoms. The van der Waals surface area contributed by atoms with E-state index in [1.54, 1.807) is 29.1 Å². The Kier molecular flexibility index (Phi) is 5.61. The predicted octanol–water partition coefficient (Wildman–Crippen LogP) is 3.32. The molecule has 0 saturated carbocycles. The summed E-state index contributed by atoms with van der Waals surface area (Å²) in [6, 6.07) is 15.0. The first-order valence-corrected chi connectivity index (χ1v) is 9.37. The van der Waals surface area contributed by atoms with Crippen molar-refractivity contribution in [2.75, 3.05) is 11.1 Å². The number of rotatable bonds is 6. The first-order valence-electron chi connectivity index (χ1n) is 8.38. The number of nitrogens with zero attached hydrogens (tertiary/aromatic N) is 2. The van der Waals surface area contributed by atoms with E-state index in [0.717, 1.165) is 16.1 Å². The molecule has 3 N–H and O–H groups in total. The standard InChI is InChI=1S/C20H20N4O2S/c1-13-3-4-14(2)18(11-13)27-12-19(25)22-15-5-7-16(8-6-15)24-10-9-17(23-24)20(21)26/h3-11H,12H2,1-2H3,(H2,21,26)(H,22,25). The maximum Gasteiger partial charge on any atom is 0.269 e. The molecule has 6 nitrogen and oxygen atoms in total. The Morgan fingerprint density at radius 1 is 1.11 bits per heavy atom. The predicted molar refractivity (Wildman–Crippen MR) is 107 cm³/mol. The van der Waals surface area contributed by atoms with Gasteiger partial charge in [0.2, 0.25) is 5.91 Å². The van der Waals surface area contributed by atoms with Crippen molar-refractivity contribution in [3.05, 3.63) is 71.5 Å². The second-order valence-electron chi connectivity index (χ2n) is 6.16. The van der Waals surface area contributed by atoms with Crippen LogP contribution in [-0.4, -0.2) is 27.3 Å². The van der Waals surface area contributed by atoms with E-state index in [4.69, 9.17) is 5.73 Å². The van der Waals surface area contributed by atoms with Crippen LogP contribution in [0.5, 0.6) is 0 Å². The lowest BCUT2D eigenvalue weighted by Crippen LogP contribution is -2.14. The second kappa shape index (κ2) is 8.09. The molecular formula is C20H20N4O2S. The highest BCUT2D eigenvalue weighted by Gasteiger charge is 2.08. The van der Waals surface area contributed by atoms with Gasteiger partial charge in [-0.2, -0.15) is 5.10 Å². The third-order valence-corrected chi connectivity index (χ3v) is 5.12. The molecule has 0 spiro atoms. The molecule has 0 unspecified atom stereocenters. The Balaban J connectivity index is 1.59. The van der Waals surface area contributed by atoms with E-state index in [0.29, 0.717) is 11.4 Å². The lowest BCUT2D eigenvalue weighted by Gasteiger charge is -2.08. The molecule has 0 radical (unpaired) electrons. The normalized spacial score (nSPS) is 10.6. The van der Waals surface area contributed by atoms with Crippen LogP contribution in [0.1, 0.15) is 21.6 Å². The van der Waals surface area contributed by atoms with Crippen LogP contribution < -0.4 is 11.1 Å². The number of amides is 2. The zero-order valence-corrected chi connectivity index (χ0v) is 15.9. The number of nitrogens with one attached hydrogen (secondary N) is 1. The molecule has 0 aliphatic carbocycles. The Bertz CT molecular complexity index is 980. The third-order valence-electron chi connectivity index (χ3n) is 3.96. The number of thioether (sulfide) groups is 1. The van der Waals surface area contributed by atoms with Gasteiger partial charge in [-0.3, -0.25) is 9.59 Å². The van der Waals surface area contributed by atoms with Gasteiger partial charge in [0, 0.05) is 16.8 Å². The molecule has 2 aromatic carbocycles. The molecule has 0 atom stereocenters. The number of carbonyl (C=O) groups excluding carboxylic acids is 2. The summed E-state index contributed by atoms with van der Waals surface area (Å²) in [5.74, 6) is -0.296. The van der Waals surface area contributed by atoms with Crippen molar-refractivity contribution in [1.82, 2.24) is 9.78 Å². The van der Waals surface area contributed by atoms with Gasteiger partial charge in [0.15, 0.2) is 0 Å². The fourth-order valence-corrected chi connectivity index (χ4v) is 3.42. The summed E-state index contributed by atoms with van der Waals surface area (Å²) in [5, 5.41) is 6.99. The first-order chi connectivity index (χ1) is 12.9. The largest absolute Gasteiger partial charge is 0.364 e. The molecule has 3 aromatic rings. The Labute approximate surface area is 161 Å². The lowest BCUT2D eigenvalue weighted by molar-refractivity contribution is -0.113. The number of anilines is 1. The van der Waals surface area contributed by atoms with Crippen LogP contribution in [0.25, 0.3) is 5.69 Å². The highest BCUT2D eigenvalue weighted by molar-refractivity contribution is 8.00. The van der Waals surface area contributed by atoms with Crippen molar-refractivity contribution in [2.24, 2.45) is 5.73 Å². The maximum atomic E-state index is 12.2. The molecule has 138 valence electrons. The van der Waals surface area contributed by atoms with Crippen molar-refractivity contribution in [2.45, 2.75) is 18.7 Å². The summed E-state index contributed by atoms with van der Waals surface area (Å²) in [6.45, 7) is 4.08. The quantitative estimate of drug-likeness (QED) is 0.642. The lowest BCUT2D eigenvalue weighted by atomic mass is 10.2. The summed E-state index contributed by atoms with van der Waals surface area (Å²) in [5.41, 5.74) is 9.22. The molecular weight excluding hydrogens is 360 g/mol. The summed E-state index contributed by atoms with van der Waals surface area (Å²) in [6.07, 6.45) is 1.66. The Morgan fingerprint density at radius 3 is 2.52 bits per heavy atom. The number of aromatic nitrogens is 2. The van der Waals surface area contributed by atoms with Crippen LogP contribution in [0.15, 0.2) is 59.6 Å². The highest BCUT2D eigenvalue weighted by Crippen LogP contribution is 2.23. The molecule has 1 heterocycles. The molecule has 0 fully saturated rings. The number of hydrogen-bond acceptors (Lipinski definition) is 4. The van der Waals surface area contributed by atoms with Crippen LogP contribution >= 0.6 is 11.8 Å². The molecule has 2 amide bonds. The van der Waals surface area contributed by atoms with Crippen molar-refractivity contribution < 1.29 is 9.59 Å². The van der Waals surface area contributed by atoms with Crippen molar-refractivity contribution >= 4 is 29.3 Å². The number of benzene rings is 2. The van der Waals surface area contributed by atoms with Gasteiger partial charge in [-0.15, -0.1) is 11.8 Å². The maximum absolute atomic E-state index is 12.2. The average molecular weight is 380 g/mol. The second-order valence-corrected chi connectivity index (χ2v) is 7.18. The van der Waals surface area contributed by atoms with Gasteiger partial charge in [0.1, 0.15) is 5.69 Å². The smallest absolute Gasteiger partial charge is 0.269 e. The first kappa shape index (κ1) is 18.7. The van der Waals surface area contributed by atoms with Gasteiger partial charge in [0.05, 0.1) is 11.4 Å². The third kappa shape index (κ3) is 4.77. The van der Waals surface area contributed by atoms with Gasteiger partial charge >= 0.3 is 0 Å². The number of nitrogens with two attached hydrogens (primary N) is 1. The van der Waals surface area contributed by atoms with E-state index in [2.05, 4.69) is 28.6 Å². The van der Waals surface area contributed by atoms with Crippen molar-refractivity contribution in [3.8, 4) is 5.69 Å². The summed E-state index contributed by atoms with van der Waals surface area (Å²) >= 11 is 1.52. The average Bonchev–Trinajstić information content (AvgIpc) is 3.13. The van der Waals surface area contributed by atoms with Crippen LogP contribution in [0, 0.1) is 13.8 Å². The number of carbonyl (C=O) groups is 2. The molecule has 27 heavy (non-hydrogen) atoms. The minimum absolute atomic E-state index is 0.0660. The van der Waals surface area contributed by atoms with Crippen LogP contribution in [-0.2, 0) is 4.79 Å². The highest BCUT2D eigenvalue weighted by atomic mass is 32.2.